The van der Waals surface area contributed by atoms with Crippen molar-refractivity contribution in [2.45, 2.75) is 10.9 Å². The molecule has 3 nitrogen and oxygen atoms in total. The SMILES string of the molecule is O=c1[nH]c(SCc2ccc(Cl)cc2)nc2scc(-c3ccccc3)c12. The largest absolute Gasteiger partial charge is 0.301 e. The zero-order chi connectivity index (χ0) is 17.2. The van der Waals surface area contributed by atoms with Gasteiger partial charge >= 0.3 is 0 Å². The molecule has 0 aliphatic carbocycles. The molecule has 2 heterocycles. The third kappa shape index (κ3) is 3.49. The molecule has 0 unspecified atom stereocenters. The average Bonchev–Trinajstić information content (AvgIpc) is 3.07. The molecule has 25 heavy (non-hydrogen) atoms. The van der Waals surface area contributed by atoms with Crippen LogP contribution < -0.4 is 5.56 Å². The quantitative estimate of drug-likeness (QED) is 0.368. The minimum absolute atomic E-state index is 0.0938. The molecule has 0 fully saturated rings. The second kappa shape index (κ2) is 7.04. The van der Waals surface area contributed by atoms with Crippen molar-refractivity contribution in [3.8, 4) is 11.1 Å². The van der Waals surface area contributed by atoms with Crippen LogP contribution in [0.3, 0.4) is 0 Å². The Morgan fingerprint density at radius 2 is 1.84 bits per heavy atom. The van der Waals surface area contributed by atoms with Crippen molar-refractivity contribution in [2.75, 3.05) is 0 Å². The molecule has 0 radical (unpaired) electrons. The van der Waals surface area contributed by atoms with E-state index in [4.69, 9.17) is 11.6 Å². The molecule has 2 aromatic carbocycles. The molecule has 0 aliphatic heterocycles. The second-order valence-corrected chi connectivity index (χ2v) is 7.74. The number of hydrogen-bond donors (Lipinski definition) is 1. The minimum atomic E-state index is -0.0938. The van der Waals surface area contributed by atoms with E-state index in [0.29, 0.717) is 15.6 Å². The summed E-state index contributed by atoms with van der Waals surface area (Å²) in [6, 6.07) is 17.6. The molecule has 4 aromatic rings. The smallest absolute Gasteiger partial charge is 0.260 e. The Labute approximate surface area is 157 Å². The number of nitrogens with one attached hydrogen (secondary N) is 1. The lowest BCUT2D eigenvalue weighted by molar-refractivity contribution is 0.980. The molecule has 0 amide bonds. The Kier molecular flexibility index (Phi) is 4.61. The van der Waals surface area contributed by atoms with Gasteiger partial charge in [0.1, 0.15) is 4.83 Å². The van der Waals surface area contributed by atoms with E-state index in [9.17, 15) is 4.79 Å². The zero-order valence-corrected chi connectivity index (χ0v) is 15.4. The van der Waals surface area contributed by atoms with Gasteiger partial charge in [0.15, 0.2) is 5.16 Å². The predicted molar refractivity (Wildman–Crippen MR) is 107 cm³/mol. The number of thioether (sulfide) groups is 1. The zero-order valence-electron chi connectivity index (χ0n) is 13.0. The maximum atomic E-state index is 12.6. The number of H-pyrrole nitrogens is 1. The Morgan fingerprint density at radius 3 is 2.60 bits per heavy atom. The second-order valence-electron chi connectivity index (χ2n) is 5.48. The summed E-state index contributed by atoms with van der Waals surface area (Å²) in [5.41, 5.74) is 3.00. The summed E-state index contributed by atoms with van der Waals surface area (Å²) in [6.07, 6.45) is 0. The number of aromatic amines is 1. The van der Waals surface area contributed by atoms with Crippen LogP contribution in [0.25, 0.3) is 21.3 Å². The fraction of sp³-hybridized carbons (Fsp3) is 0.0526. The van der Waals surface area contributed by atoms with E-state index in [-0.39, 0.29) is 5.56 Å². The number of hydrogen-bond acceptors (Lipinski definition) is 4. The van der Waals surface area contributed by atoms with Crippen LogP contribution in [0.2, 0.25) is 5.02 Å². The first-order valence-electron chi connectivity index (χ1n) is 7.65. The Hall–Kier alpha value is -2.08. The minimum Gasteiger partial charge on any atom is -0.301 e. The van der Waals surface area contributed by atoms with Crippen LogP contribution in [-0.4, -0.2) is 9.97 Å². The summed E-state index contributed by atoms with van der Waals surface area (Å²) in [5.74, 6) is 0.725. The molecule has 1 N–H and O–H groups in total. The lowest BCUT2D eigenvalue weighted by atomic mass is 10.1. The highest BCUT2D eigenvalue weighted by Crippen LogP contribution is 2.31. The van der Waals surface area contributed by atoms with Crippen molar-refractivity contribution >= 4 is 44.9 Å². The highest BCUT2D eigenvalue weighted by Gasteiger charge is 2.13. The third-order valence-electron chi connectivity index (χ3n) is 3.80. The summed E-state index contributed by atoms with van der Waals surface area (Å²) < 4.78 is 0. The summed E-state index contributed by atoms with van der Waals surface area (Å²) in [7, 11) is 0. The lowest BCUT2D eigenvalue weighted by Crippen LogP contribution is -2.08. The summed E-state index contributed by atoms with van der Waals surface area (Å²) in [6.45, 7) is 0. The standard InChI is InChI=1S/C19H13ClN2OS2/c20-14-8-6-12(7-9-14)10-25-19-21-17(23)16-15(11-24-18(16)22-19)13-4-2-1-3-5-13/h1-9,11H,10H2,(H,21,22,23). The van der Waals surface area contributed by atoms with Crippen LogP contribution in [0.4, 0.5) is 0 Å². The van der Waals surface area contributed by atoms with Gasteiger partial charge in [-0.15, -0.1) is 11.3 Å². The monoisotopic (exact) mass is 384 g/mol. The molecule has 0 saturated heterocycles. The van der Waals surface area contributed by atoms with Crippen LogP contribution in [0.5, 0.6) is 0 Å². The van der Waals surface area contributed by atoms with Crippen LogP contribution in [0.1, 0.15) is 5.56 Å². The van der Waals surface area contributed by atoms with Gasteiger partial charge in [0.25, 0.3) is 5.56 Å². The molecule has 4 rings (SSSR count). The fourth-order valence-electron chi connectivity index (χ4n) is 2.56. The first-order chi connectivity index (χ1) is 12.2. The van der Waals surface area contributed by atoms with Crippen LogP contribution in [-0.2, 0) is 5.75 Å². The van der Waals surface area contributed by atoms with Gasteiger partial charge in [-0.2, -0.15) is 0 Å². The number of nitrogens with zero attached hydrogens (tertiary/aromatic N) is 1. The Morgan fingerprint density at radius 1 is 1.08 bits per heavy atom. The van der Waals surface area contributed by atoms with Crippen molar-refractivity contribution in [3.05, 3.63) is 80.9 Å². The van der Waals surface area contributed by atoms with Gasteiger partial charge in [0.2, 0.25) is 0 Å². The number of fused-ring (bicyclic) bond motifs is 1. The number of halogens is 1. The summed E-state index contributed by atoms with van der Waals surface area (Å²) >= 11 is 8.91. The van der Waals surface area contributed by atoms with E-state index >= 15 is 0 Å². The molecular weight excluding hydrogens is 372 g/mol. The van der Waals surface area contributed by atoms with Gasteiger partial charge in [0.05, 0.1) is 5.39 Å². The number of aromatic nitrogens is 2. The van der Waals surface area contributed by atoms with E-state index in [1.165, 1.54) is 23.1 Å². The van der Waals surface area contributed by atoms with Gasteiger partial charge in [-0.3, -0.25) is 4.79 Å². The highest BCUT2D eigenvalue weighted by molar-refractivity contribution is 7.98. The lowest BCUT2D eigenvalue weighted by Gasteiger charge is -2.03. The van der Waals surface area contributed by atoms with Crippen molar-refractivity contribution in [1.29, 1.82) is 0 Å². The molecule has 0 spiro atoms. The van der Waals surface area contributed by atoms with Gasteiger partial charge < -0.3 is 4.98 Å². The fourth-order valence-corrected chi connectivity index (χ4v) is 4.51. The molecule has 0 aliphatic rings. The molecule has 0 bridgehead atoms. The summed E-state index contributed by atoms with van der Waals surface area (Å²) in [5, 5.41) is 4.00. The van der Waals surface area contributed by atoms with Crippen molar-refractivity contribution in [1.82, 2.24) is 9.97 Å². The highest BCUT2D eigenvalue weighted by atomic mass is 35.5. The van der Waals surface area contributed by atoms with Crippen LogP contribution >= 0.6 is 34.7 Å². The average molecular weight is 385 g/mol. The first-order valence-corrected chi connectivity index (χ1v) is 9.89. The van der Waals surface area contributed by atoms with Gasteiger partial charge in [-0.1, -0.05) is 65.8 Å². The van der Waals surface area contributed by atoms with Crippen molar-refractivity contribution in [3.63, 3.8) is 0 Å². The third-order valence-corrected chi connectivity index (χ3v) is 5.86. The normalized spacial score (nSPS) is 11.1. The van der Waals surface area contributed by atoms with Crippen LogP contribution in [0.15, 0.2) is 69.9 Å². The van der Waals surface area contributed by atoms with E-state index in [1.807, 2.05) is 60.0 Å². The van der Waals surface area contributed by atoms with Gasteiger partial charge in [-0.05, 0) is 23.3 Å². The predicted octanol–water partition coefficient (Wildman–Crippen LogP) is 5.60. The van der Waals surface area contributed by atoms with E-state index in [1.54, 1.807) is 0 Å². The Balaban J connectivity index is 1.64. The van der Waals surface area contributed by atoms with E-state index in [0.717, 1.165) is 27.3 Å². The molecule has 0 atom stereocenters. The first kappa shape index (κ1) is 16.4. The number of rotatable bonds is 4. The van der Waals surface area contributed by atoms with Gasteiger partial charge in [-0.25, -0.2) is 4.98 Å². The number of thiophene rings is 1. The maximum Gasteiger partial charge on any atom is 0.260 e. The van der Waals surface area contributed by atoms with Crippen molar-refractivity contribution < 1.29 is 0 Å². The van der Waals surface area contributed by atoms with Crippen LogP contribution in [0, 0.1) is 0 Å². The Bertz CT molecular complexity index is 1070. The maximum absolute atomic E-state index is 12.6. The topological polar surface area (TPSA) is 45.8 Å². The molecule has 0 saturated carbocycles. The van der Waals surface area contributed by atoms with Gasteiger partial charge in [0, 0.05) is 21.7 Å². The molecule has 124 valence electrons. The summed E-state index contributed by atoms with van der Waals surface area (Å²) in [4.78, 5) is 20.9. The molecule has 2 aromatic heterocycles. The molecular formula is C19H13ClN2OS2. The van der Waals surface area contributed by atoms with Crippen molar-refractivity contribution in [2.24, 2.45) is 0 Å². The number of benzene rings is 2. The molecule has 6 heteroatoms. The van der Waals surface area contributed by atoms with E-state index < -0.39 is 0 Å². The van der Waals surface area contributed by atoms with E-state index in [2.05, 4.69) is 9.97 Å².